The maximum absolute atomic E-state index is 12.2. The zero-order valence-electron chi connectivity index (χ0n) is 9.83. The fourth-order valence-corrected chi connectivity index (χ4v) is 2.27. The van der Waals surface area contributed by atoms with Gasteiger partial charge >= 0.3 is 0 Å². The Morgan fingerprint density at radius 1 is 1.28 bits per heavy atom. The highest BCUT2D eigenvalue weighted by molar-refractivity contribution is 5.90. The molecule has 0 spiro atoms. The van der Waals surface area contributed by atoms with Gasteiger partial charge in [0.2, 0.25) is 0 Å². The Hall–Kier alpha value is -2.24. The Bertz CT molecular complexity index is 551. The standard InChI is InChI=1S/C12H13N5O/c18-12(11-13-15-16-14-11)17-7-3-6-9-4-1-2-5-10(9)8-17/h1-2,4-5H,3,6-8H2,(H,13,14,15,16). The monoisotopic (exact) mass is 243 g/mol. The third-order valence-corrected chi connectivity index (χ3v) is 3.18. The topological polar surface area (TPSA) is 74.8 Å². The van der Waals surface area contributed by atoms with E-state index in [0.29, 0.717) is 6.54 Å². The lowest BCUT2D eigenvalue weighted by molar-refractivity contribution is 0.0733. The second-order valence-corrected chi connectivity index (χ2v) is 4.33. The van der Waals surface area contributed by atoms with E-state index in [1.54, 1.807) is 4.90 Å². The normalized spacial score (nSPS) is 15.0. The number of aromatic nitrogens is 4. The molecule has 92 valence electrons. The lowest BCUT2D eigenvalue weighted by Crippen LogP contribution is -2.31. The number of carbonyl (C=O) groups is 1. The van der Waals surface area contributed by atoms with E-state index in [-0.39, 0.29) is 11.7 Å². The molecule has 1 aromatic carbocycles. The summed E-state index contributed by atoms with van der Waals surface area (Å²) in [6.45, 7) is 1.34. The summed E-state index contributed by atoms with van der Waals surface area (Å²) in [6, 6.07) is 8.23. The molecule has 0 saturated carbocycles. The number of hydrogen-bond donors (Lipinski definition) is 1. The minimum Gasteiger partial charge on any atom is -0.331 e. The molecule has 0 fully saturated rings. The number of nitrogens with one attached hydrogen (secondary N) is 1. The van der Waals surface area contributed by atoms with Crippen LogP contribution in [0.1, 0.15) is 28.2 Å². The molecule has 0 atom stereocenters. The maximum atomic E-state index is 12.2. The van der Waals surface area contributed by atoms with E-state index in [2.05, 4.69) is 32.8 Å². The minimum absolute atomic E-state index is 0.134. The smallest absolute Gasteiger partial charge is 0.295 e. The van der Waals surface area contributed by atoms with Crippen molar-refractivity contribution in [3.63, 3.8) is 0 Å². The van der Waals surface area contributed by atoms with Crippen molar-refractivity contribution in [3.05, 3.63) is 41.2 Å². The number of hydrogen-bond acceptors (Lipinski definition) is 4. The summed E-state index contributed by atoms with van der Waals surface area (Å²) in [7, 11) is 0. The van der Waals surface area contributed by atoms with Gasteiger partial charge in [-0.05, 0) is 29.2 Å². The Balaban J connectivity index is 1.85. The Morgan fingerprint density at radius 2 is 2.11 bits per heavy atom. The summed E-state index contributed by atoms with van der Waals surface area (Å²) < 4.78 is 0. The molecule has 6 heteroatoms. The number of nitrogens with zero attached hydrogens (tertiary/aromatic N) is 4. The molecule has 0 saturated heterocycles. The second kappa shape index (κ2) is 4.56. The number of benzene rings is 1. The highest BCUT2D eigenvalue weighted by atomic mass is 16.2. The molecule has 1 aliphatic heterocycles. The van der Waals surface area contributed by atoms with Crippen LogP contribution in [0.25, 0.3) is 0 Å². The van der Waals surface area contributed by atoms with Crippen molar-refractivity contribution in [3.8, 4) is 0 Å². The number of fused-ring (bicyclic) bond motifs is 1. The van der Waals surface area contributed by atoms with Crippen LogP contribution in [-0.2, 0) is 13.0 Å². The summed E-state index contributed by atoms with van der Waals surface area (Å²) in [5.41, 5.74) is 2.52. The van der Waals surface area contributed by atoms with Crippen LogP contribution in [-0.4, -0.2) is 38.0 Å². The number of carbonyl (C=O) groups excluding carboxylic acids is 1. The largest absolute Gasteiger partial charge is 0.331 e. The van der Waals surface area contributed by atoms with Gasteiger partial charge in [-0.3, -0.25) is 4.79 Å². The number of amides is 1. The molecule has 0 radical (unpaired) electrons. The molecule has 6 nitrogen and oxygen atoms in total. The first kappa shape index (κ1) is 10.9. The van der Waals surface area contributed by atoms with E-state index in [0.717, 1.165) is 19.4 Å². The maximum Gasteiger partial charge on any atom is 0.295 e. The molecule has 1 amide bonds. The number of tetrazole rings is 1. The molecule has 1 aliphatic rings. The Kier molecular flexibility index (Phi) is 2.76. The number of aryl methyl sites for hydroxylation is 1. The van der Waals surface area contributed by atoms with Crippen molar-refractivity contribution < 1.29 is 4.79 Å². The van der Waals surface area contributed by atoms with Gasteiger partial charge in [-0.25, -0.2) is 0 Å². The van der Waals surface area contributed by atoms with Gasteiger partial charge in [-0.2, -0.15) is 5.21 Å². The van der Waals surface area contributed by atoms with Crippen LogP contribution in [0.4, 0.5) is 0 Å². The van der Waals surface area contributed by atoms with E-state index < -0.39 is 0 Å². The molecule has 0 aliphatic carbocycles. The molecular weight excluding hydrogens is 230 g/mol. The van der Waals surface area contributed by atoms with Crippen LogP contribution in [0.2, 0.25) is 0 Å². The molecule has 1 N–H and O–H groups in total. The quantitative estimate of drug-likeness (QED) is 0.803. The van der Waals surface area contributed by atoms with Crippen molar-refractivity contribution in [1.29, 1.82) is 0 Å². The fraction of sp³-hybridized carbons (Fsp3) is 0.333. The molecular formula is C12H13N5O. The van der Waals surface area contributed by atoms with Gasteiger partial charge < -0.3 is 4.90 Å². The summed E-state index contributed by atoms with van der Waals surface area (Å²) in [5.74, 6) is -0.0326. The third-order valence-electron chi connectivity index (χ3n) is 3.18. The molecule has 0 bridgehead atoms. The number of aromatic amines is 1. The fourth-order valence-electron chi connectivity index (χ4n) is 2.27. The van der Waals surface area contributed by atoms with E-state index >= 15 is 0 Å². The lowest BCUT2D eigenvalue weighted by atomic mass is 10.0. The van der Waals surface area contributed by atoms with Crippen LogP contribution in [0, 0.1) is 0 Å². The first-order chi connectivity index (χ1) is 8.84. The van der Waals surface area contributed by atoms with Crippen molar-refractivity contribution in [1.82, 2.24) is 25.5 Å². The predicted octanol–water partition coefficient (Wildman–Crippen LogP) is 0.788. The Morgan fingerprint density at radius 3 is 2.89 bits per heavy atom. The SMILES string of the molecule is O=C(c1nn[nH]n1)N1CCCc2ccccc2C1. The van der Waals surface area contributed by atoms with Crippen molar-refractivity contribution in [2.24, 2.45) is 0 Å². The Labute approximate surface area is 104 Å². The van der Waals surface area contributed by atoms with Gasteiger partial charge in [0.05, 0.1) is 0 Å². The summed E-state index contributed by atoms with van der Waals surface area (Å²) >= 11 is 0. The molecule has 2 heterocycles. The number of H-pyrrole nitrogens is 1. The number of rotatable bonds is 1. The second-order valence-electron chi connectivity index (χ2n) is 4.33. The molecule has 3 rings (SSSR count). The average Bonchev–Trinajstić information content (AvgIpc) is 2.84. The van der Waals surface area contributed by atoms with Crippen LogP contribution >= 0.6 is 0 Å². The van der Waals surface area contributed by atoms with Gasteiger partial charge in [0.1, 0.15) is 0 Å². The highest BCUT2D eigenvalue weighted by Gasteiger charge is 2.22. The van der Waals surface area contributed by atoms with Crippen LogP contribution in [0.3, 0.4) is 0 Å². The highest BCUT2D eigenvalue weighted by Crippen LogP contribution is 2.19. The van der Waals surface area contributed by atoms with E-state index in [9.17, 15) is 4.79 Å². The van der Waals surface area contributed by atoms with E-state index in [1.807, 2.05) is 12.1 Å². The minimum atomic E-state index is -0.166. The summed E-state index contributed by atoms with van der Waals surface area (Å²) in [6.07, 6.45) is 1.97. The molecule has 0 unspecified atom stereocenters. The van der Waals surface area contributed by atoms with Gasteiger partial charge in [-0.1, -0.05) is 24.3 Å². The van der Waals surface area contributed by atoms with E-state index in [4.69, 9.17) is 0 Å². The van der Waals surface area contributed by atoms with Crippen molar-refractivity contribution >= 4 is 5.91 Å². The van der Waals surface area contributed by atoms with Gasteiger partial charge in [0, 0.05) is 13.1 Å². The van der Waals surface area contributed by atoms with Crippen molar-refractivity contribution in [2.75, 3.05) is 6.54 Å². The summed E-state index contributed by atoms with van der Waals surface area (Å²) in [5, 5.41) is 13.2. The van der Waals surface area contributed by atoms with Gasteiger partial charge in [0.15, 0.2) is 0 Å². The first-order valence-corrected chi connectivity index (χ1v) is 5.94. The average molecular weight is 243 g/mol. The predicted molar refractivity (Wildman–Crippen MR) is 63.7 cm³/mol. The molecule has 1 aromatic heterocycles. The molecule has 2 aromatic rings. The summed E-state index contributed by atoms with van der Waals surface area (Å²) in [4.78, 5) is 13.9. The van der Waals surface area contributed by atoms with Crippen LogP contribution in [0.15, 0.2) is 24.3 Å². The van der Waals surface area contributed by atoms with Crippen LogP contribution in [0.5, 0.6) is 0 Å². The lowest BCUT2D eigenvalue weighted by Gasteiger charge is -2.18. The van der Waals surface area contributed by atoms with Gasteiger partial charge in [-0.15, -0.1) is 10.2 Å². The molecule has 18 heavy (non-hydrogen) atoms. The zero-order valence-corrected chi connectivity index (χ0v) is 9.83. The van der Waals surface area contributed by atoms with Gasteiger partial charge in [0.25, 0.3) is 11.7 Å². The van der Waals surface area contributed by atoms with Crippen LogP contribution < -0.4 is 0 Å². The zero-order chi connectivity index (χ0) is 12.4. The third kappa shape index (κ3) is 1.97. The first-order valence-electron chi connectivity index (χ1n) is 5.94. The van der Waals surface area contributed by atoms with Crippen molar-refractivity contribution in [2.45, 2.75) is 19.4 Å². The van der Waals surface area contributed by atoms with E-state index in [1.165, 1.54) is 11.1 Å².